The van der Waals surface area contributed by atoms with Gasteiger partial charge in [0.25, 0.3) is 10.0 Å². The largest absolute Gasteiger partial charge is 0.254 e. The molecule has 0 aliphatic rings. The van der Waals surface area contributed by atoms with Gasteiger partial charge in [0, 0.05) is 22.9 Å². The molecule has 0 saturated carbocycles. The van der Waals surface area contributed by atoms with Gasteiger partial charge >= 0.3 is 0 Å². The van der Waals surface area contributed by atoms with Gasteiger partial charge < -0.3 is 0 Å². The zero-order chi connectivity index (χ0) is 14.6. The van der Waals surface area contributed by atoms with Crippen molar-refractivity contribution in [1.82, 2.24) is 4.31 Å². The molecule has 0 saturated heterocycles. The van der Waals surface area contributed by atoms with Crippen molar-refractivity contribution in [2.45, 2.75) is 10.8 Å². The van der Waals surface area contributed by atoms with E-state index in [1.807, 2.05) is 30.3 Å². The summed E-state index contributed by atoms with van der Waals surface area (Å²) in [5.41, 5.74) is 0.977. The van der Waals surface area contributed by atoms with E-state index in [1.54, 1.807) is 11.4 Å². The fourth-order valence-corrected chi connectivity index (χ4v) is 6.29. The van der Waals surface area contributed by atoms with E-state index in [0.717, 1.165) is 5.56 Å². The standard InChI is InChI=1S/C13H13Br2NO2S2/c14-7-8-16(10-11-4-2-1-3-5-11)20(17,18)13-12(15)6-9-19-13/h1-6,9H,7-8,10H2. The van der Waals surface area contributed by atoms with Gasteiger partial charge in [0.1, 0.15) is 4.21 Å². The van der Waals surface area contributed by atoms with Crippen LogP contribution in [0, 0.1) is 0 Å². The van der Waals surface area contributed by atoms with Gasteiger partial charge in [-0.15, -0.1) is 11.3 Å². The van der Waals surface area contributed by atoms with Gasteiger partial charge in [-0.2, -0.15) is 4.31 Å². The first-order chi connectivity index (χ1) is 9.55. The number of nitrogens with zero attached hydrogens (tertiary/aromatic N) is 1. The Balaban J connectivity index is 2.31. The predicted molar refractivity (Wildman–Crippen MR) is 89.9 cm³/mol. The van der Waals surface area contributed by atoms with Crippen LogP contribution in [0.2, 0.25) is 0 Å². The molecule has 2 rings (SSSR count). The van der Waals surface area contributed by atoms with Crippen LogP contribution in [-0.2, 0) is 16.6 Å². The Morgan fingerprint density at radius 2 is 1.85 bits per heavy atom. The highest BCUT2D eigenvalue weighted by molar-refractivity contribution is 9.10. The molecule has 0 atom stereocenters. The molecular weight excluding hydrogens is 426 g/mol. The molecule has 20 heavy (non-hydrogen) atoms. The summed E-state index contributed by atoms with van der Waals surface area (Å²) in [5, 5.41) is 2.37. The Labute approximate surface area is 139 Å². The number of rotatable bonds is 6. The molecular formula is C13H13Br2NO2S2. The molecule has 2 aromatic rings. The van der Waals surface area contributed by atoms with Gasteiger partial charge in [-0.1, -0.05) is 46.3 Å². The molecule has 0 fully saturated rings. The highest BCUT2D eigenvalue weighted by atomic mass is 79.9. The van der Waals surface area contributed by atoms with Crippen molar-refractivity contribution >= 4 is 53.2 Å². The van der Waals surface area contributed by atoms with Crippen LogP contribution in [0.4, 0.5) is 0 Å². The summed E-state index contributed by atoms with van der Waals surface area (Å²) in [6, 6.07) is 11.4. The minimum absolute atomic E-state index is 0.356. The van der Waals surface area contributed by atoms with Crippen molar-refractivity contribution in [3.05, 3.63) is 51.8 Å². The summed E-state index contributed by atoms with van der Waals surface area (Å²) in [6.07, 6.45) is 0. The van der Waals surface area contributed by atoms with Crippen LogP contribution in [0.25, 0.3) is 0 Å². The van der Waals surface area contributed by atoms with Crippen molar-refractivity contribution in [2.75, 3.05) is 11.9 Å². The van der Waals surface area contributed by atoms with Gasteiger partial charge in [-0.25, -0.2) is 8.42 Å². The third kappa shape index (κ3) is 3.71. The summed E-state index contributed by atoms with van der Waals surface area (Å²) >= 11 is 7.85. The topological polar surface area (TPSA) is 37.4 Å². The summed E-state index contributed by atoms with van der Waals surface area (Å²) in [7, 11) is -3.47. The molecule has 1 aromatic heterocycles. The van der Waals surface area contributed by atoms with Crippen LogP contribution >= 0.6 is 43.2 Å². The molecule has 1 heterocycles. The fourth-order valence-electron chi connectivity index (χ4n) is 1.75. The lowest BCUT2D eigenvalue weighted by Gasteiger charge is -2.20. The van der Waals surface area contributed by atoms with Crippen molar-refractivity contribution in [1.29, 1.82) is 0 Å². The SMILES string of the molecule is O=S(=O)(c1sccc1Br)N(CCBr)Cc1ccccc1. The number of benzene rings is 1. The molecule has 0 aliphatic heterocycles. The lowest BCUT2D eigenvalue weighted by Crippen LogP contribution is -2.32. The molecule has 0 radical (unpaired) electrons. The lowest BCUT2D eigenvalue weighted by molar-refractivity contribution is 0.428. The Bertz CT molecular complexity index is 656. The second-order valence-electron chi connectivity index (χ2n) is 4.07. The lowest BCUT2D eigenvalue weighted by atomic mass is 10.2. The van der Waals surface area contributed by atoms with E-state index in [4.69, 9.17) is 0 Å². The van der Waals surface area contributed by atoms with Crippen molar-refractivity contribution < 1.29 is 8.42 Å². The van der Waals surface area contributed by atoms with Crippen LogP contribution < -0.4 is 0 Å². The van der Waals surface area contributed by atoms with Crippen LogP contribution in [0.15, 0.2) is 50.5 Å². The van der Waals surface area contributed by atoms with Crippen LogP contribution in [-0.4, -0.2) is 24.6 Å². The summed E-state index contributed by atoms with van der Waals surface area (Å²) < 4.78 is 27.9. The van der Waals surface area contributed by atoms with E-state index in [9.17, 15) is 8.42 Å². The van der Waals surface area contributed by atoms with Gasteiger partial charge in [0.15, 0.2) is 0 Å². The maximum absolute atomic E-state index is 12.7. The molecule has 1 aromatic carbocycles. The fraction of sp³-hybridized carbons (Fsp3) is 0.231. The third-order valence-corrected chi connectivity index (χ3v) is 7.54. The Kier molecular flexibility index (Phi) is 5.80. The molecule has 0 unspecified atom stereocenters. The van der Waals surface area contributed by atoms with Crippen molar-refractivity contribution in [3.8, 4) is 0 Å². The average molecular weight is 439 g/mol. The maximum atomic E-state index is 12.7. The minimum Gasteiger partial charge on any atom is -0.206 e. The van der Waals surface area contributed by atoms with E-state index in [2.05, 4.69) is 31.9 Å². The first-order valence-corrected chi connectivity index (χ1v) is 10.1. The van der Waals surface area contributed by atoms with Crippen LogP contribution in [0.5, 0.6) is 0 Å². The van der Waals surface area contributed by atoms with Crippen molar-refractivity contribution in [3.63, 3.8) is 0 Å². The zero-order valence-electron chi connectivity index (χ0n) is 10.5. The van der Waals surface area contributed by atoms with E-state index in [0.29, 0.717) is 27.1 Å². The van der Waals surface area contributed by atoms with Gasteiger partial charge in [0.05, 0.1) is 0 Å². The first-order valence-electron chi connectivity index (χ1n) is 5.88. The molecule has 108 valence electrons. The zero-order valence-corrected chi connectivity index (χ0v) is 15.3. The first kappa shape index (κ1) is 16.2. The Morgan fingerprint density at radius 3 is 2.40 bits per heavy atom. The molecule has 0 bridgehead atoms. The molecule has 0 N–H and O–H groups in total. The molecule has 0 spiro atoms. The van der Waals surface area contributed by atoms with E-state index < -0.39 is 10.0 Å². The molecule has 7 heteroatoms. The monoisotopic (exact) mass is 437 g/mol. The second-order valence-corrected chi connectivity index (χ2v) is 8.77. The van der Waals surface area contributed by atoms with Crippen molar-refractivity contribution in [2.24, 2.45) is 0 Å². The maximum Gasteiger partial charge on any atom is 0.254 e. The van der Waals surface area contributed by atoms with Crippen LogP contribution in [0.3, 0.4) is 0 Å². The quantitative estimate of drug-likeness (QED) is 0.636. The van der Waals surface area contributed by atoms with E-state index >= 15 is 0 Å². The smallest absolute Gasteiger partial charge is 0.206 e. The Morgan fingerprint density at radius 1 is 1.15 bits per heavy atom. The summed E-state index contributed by atoms with van der Waals surface area (Å²) in [4.78, 5) is 0. The number of hydrogen-bond donors (Lipinski definition) is 0. The number of thiophene rings is 1. The predicted octanol–water partition coefficient (Wildman–Crippen LogP) is 4.10. The number of hydrogen-bond acceptors (Lipinski definition) is 3. The summed E-state index contributed by atoms with van der Waals surface area (Å²) in [5.74, 6) is 0. The highest BCUT2D eigenvalue weighted by Crippen LogP contribution is 2.31. The molecule has 0 amide bonds. The normalized spacial score (nSPS) is 11.9. The second kappa shape index (κ2) is 7.17. The van der Waals surface area contributed by atoms with E-state index in [-0.39, 0.29) is 0 Å². The number of halogens is 2. The third-order valence-electron chi connectivity index (χ3n) is 2.69. The molecule has 0 aliphatic carbocycles. The Hall–Kier alpha value is -0.210. The molecule has 3 nitrogen and oxygen atoms in total. The average Bonchev–Trinajstić information content (AvgIpc) is 2.86. The van der Waals surface area contributed by atoms with E-state index in [1.165, 1.54) is 15.6 Å². The number of alkyl halides is 1. The van der Waals surface area contributed by atoms with Gasteiger partial charge in [-0.3, -0.25) is 0 Å². The number of sulfonamides is 1. The van der Waals surface area contributed by atoms with Gasteiger partial charge in [-0.05, 0) is 32.9 Å². The summed E-state index contributed by atoms with van der Waals surface area (Å²) in [6.45, 7) is 0.806. The van der Waals surface area contributed by atoms with Gasteiger partial charge in [0.2, 0.25) is 0 Å². The highest BCUT2D eigenvalue weighted by Gasteiger charge is 2.27. The minimum atomic E-state index is -3.47. The van der Waals surface area contributed by atoms with Crippen LogP contribution in [0.1, 0.15) is 5.56 Å².